The first kappa shape index (κ1) is 22.4. The summed E-state index contributed by atoms with van der Waals surface area (Å²) in [6.07, 6.45) is 0. The van der Waals surface area contributed by atoms with Crippen LogP contribution in [0.4, 0.5) is 10.5 Å². The zero-order valence-corrected chi connectivity index (χ0v) is 19.6. The van der Waals surface area contributed by atoms with Gasteiger partial charge in [-0.2, -0.15) is 5.26 Å². The van der Waals surface area contributed by atoms with Crippen molar-refractivity contribution in [3.63, 3.8) is 0 Å². The minimum atomic E-state index is -1.16. The van der Waals surface area contributed by atoms with Crippen molar-refractivity contribution in [3.8, 4) is 6.07 Å². The average molecular weight is 491 g/mol. The molecule has 1 N–H and O–H groups in total. The summed E-state index contributed by atoms with van der Waals surface area (Å²) in [5.41, 5.74) is 1.71. The molecule has 0 radical (unpaired) electrons. The average Bonchev–Trinajstić information content (AvgIpc) is 3.29. The Hall–Kier alpha value is -3.37. The van der Waals surface area contributed by atoms with Gasteiger partial charge < -0.3 is 5.32 Å². The smallest absolute Gasteiger partial charge is 0.321 e. The Bertz CT molecular complexity index is 1290. The Morgan fingerprint density at radius 1 is 1.00 bits per heavy atom. The molecule has 2 fully saturated rings. The Kier molecular flexibility index (Phi) is 5.78. The lowest BCUT2D eigenvalue weighted by atomic mass is 9.81. The number of hydrogen-bond donors (Lipinski definition) is 1. The predicted molar refractivity (Wildman–Crippen MR) is 131 cm³/mol. The number of amides is 3. The summed E-state index contributed by atoms with van der Waals surface area (Å²) in [6.45, 7) is 1.56. The minimum absolute atomic E-state index is 0.305. The normalized spacial score (nSPS) is 22.3. The molecule has 170 valence electrons. The Balaban J connectivity index is 1.54. The van der Waals surface area contributed by atoms with Crippen LogP contribution in [0, 0.1) is 11.3 Å². The molecule has 34 heavy (non-hydrogen) atoms. The van der Waals surface area contributed by atoms with Crippen molar-refractivity contribution < 1.29 is 9.59 Å². The standard InChI is InChI=1S/C26H20Cl2N4O2/c27-20-10-21(28)12-22(11-20)32-24(33)26(30-25(32)34)16-31(14-18-4-2-1-3-5-18)15-23(26)19-8-6-17(13-29)7-9-19/h1-12,23H,14-16H2,(H,30,34). The first-order chi connectivity index (χ1) is 16.4. The number of anilines is 1. The summed E-state index contributed by atoms with van der Waals surface area (Å²) in [7, 11) is 0. The molecule has 3 amide bonds. The van der Waals surface area contributed by atoms with E-state index >= 15 is 0 Å². The number of urea groups is 1. The van der Waals surface area contributed by atoms with Gasteiger partial charge in [-0.25, -0.2) is 9.69 Å². The van der Waals surface area contributed by atoms with Crippen LogP contribution < -0.4 is 10.2 Å². The third-order valence-corrected chi connectivity index (χ3v) is 6.86. The molecular formula is C26H20Cl2N4O2. The van der Waals surface area contributed by atoms with E-state index in [0.717, 1.165) is 16.0 Å². The number of halogens is 2. The van der Waals surface area contributed by atoms with Gasteiger partial charge in [0.1, 0.15) is 5.54 Å². The molecule has 0 aromatic heterocycles. The SMILES string of the molecule is N#Cc1ccc(C2CN(Cc3ccccc3)CC23NC(=O)N(c2cc(Cl)cc(Cl)c2)C3=O)cc1. The summed E-state index contributed by atoms with van der Waals surface area (Å²) >= 11 is 12.3. The molecule has 6 nitrogen and oxygen atoms in total. The van der Waals surface area contributed by atoms with Crippen molar-refractivity contribution in [1.82, 2.24) is 10.2 Å². The van der Waals surface area contributed by atoms with E-state index in [-0.39, 0.29) is 11.8 Å². The highest BCUT2D eigenvalue weighted by molar-refractivity contribution is 6.35. The predicted octanol–water partition coefficient (Wildman–Crippen LogP) is 4.96. The first-order valence-electron chi connectivity index (χ1n) is 10.8. The molecule has 8 heteroatoms. The van der Waals surface area contributed by atoms with Crippen LogP contribution in [0.5, 0.6) is 0 Å². The van der Waals surface area contributed by atoms with E-state index in [1.807, 2.05) is 42.5 Å². The van der Waals surface area contributed by atoms with Gasteiger partial charge in [0.25, 0.3) is 5.91 Å². The lowest BCUT2D eigenvalue weighted by molar-refractivity contribution is -0.122. The summed E-state index contributed by atoms with van der Waals surface area (Å²) < 4.78 is 0. The van der Waals surface area contributed by atoms with Crippen LogP contribution in [0.1, 0.15) is 22.6 Å². The van der Waals surface area contributed by atoms with E-state index in [2.05, 4.69) is 16.3 Å². The fraction of sp³-hybridized carbons (Fsp3) is 0.192. The molecule has 0 aliphatic carbocycles. The fourth-order valence-corrected chi connectivity index (χ4v) is 5.44. The Labute approximate surface area is 207 Å². The maximum Gasteiger partial charge on any atom is 0.329 e. The van der Waals surface area contributed by atoms with Crippen LogP contribution in [-0.2, 0) is 11.3 Å². The highest BCUT2D eigenvalue weighted by Gasteiger charge is 2.60. The van der Waals surface area contributed by atoms with Crippen LogP contribution in [0.15, 0.2) is 72.8 Å². The highest BCUT2D eigenvalue weighted by Crippen LogP contribution is 2.42. The van der Waals surface area contributed by atoms with E-state index < -0.39 is 11.6 Å². The van der Waals surface area contributed by atoms with Crippen LogP contribution in [0.2, 0.25) is 10.0 Å². The molecule has 0 saturated carbocycles. The lowest BCUT2D eigenvalue weighted by Crippen LogP contribution is -2.53. The number of carbonyl (C=O) groups is 2. The van der Waals surface area contributed by atoms with Gasteiger partial charge in [-0.15, -0.1) is 0 Å². The van der Waals surface area contributed by atoms with Crippen LogP contribution in [-0.4, -0.2) is 35.5 Å². The number of imide groups is 1. The van der Waals surface area contributed by atoms with Crippen molar-refractivity contribution >= 4 is 40.8 Å². The van der Waals surface area contributed by atoms with E-state index in [1.165, 1.54) is 0 Å². The van der Waals surface area contributed by atoms with E-state index in [9.17, 15) is 14.9 Å². The van der Waals surface area contributed by atoms with Gasteiger partial charge in [0.05, 0.1) is 17.3 Å². The number of nitrogens with zero attached hydrogens (tertiary/aromatic N) is 3. The van der Waals surface area contributed by atoms with Crippen molar-refractivity contribution in [2.45, 2.75) is 18.0 Å². The van der Waals surface area contributed by atoms with Gasteiger partial charge >= 0.3 is 6.03 Å². The van der Waals surface area contributed by atoms with Gasteiger partial charge in [-0.05, 0) is 41.5 Å². The third kappa shape index (κ3) is 3.92. The molecule has 2 unspecified atom stereocenters. The Morgan fingerprint density at radius 2 is 1.68 bits per heavy atom. The van der Waals surface area contributed by atoms with Gasteiger partial charge in [0.15, 0.2) is 0 Å². The molecule has 2 heterocycles. The van der Waals surface area contributed by atoms with Crippen LogP contribution in [0.3, 0.4) is 0 Å². The van der Waals surface area contributed by atoms with Crippen LogP contribution >= 0.6 is 23.2 Å². The van der Waals surface area contributed by atoms with Crippen LogP contribution in [0.25, 0.3) is 0 Å². The van der Waals surface area contributed by atoms with E-state index in [0.29, 0.717) is 40.9 Å². The Morgan fingerprint density at radius 3 is 2.32 bits per heavy atom. The van der Waals surface area contributed by atoms with Gasteiger partial charge in [0.2, 0.25) is 0 Å². The highest BCUT2D eigenvalue weighted by atomic mass is 35.5. The summed E-state index contributed by atoms with van der Waals surface area (Å²) in [4.78, 5) is 30.4. The van der Waals surface area contributed by atoms with E-state index in [4.69, 9.17) is 23.2 Å². The molecular weight excluding hydrogens is 471 g/mol. The zero-order chi connectivity index (χ0) is 23.9. The number of rotatable bonds is 4. The maximum absolute atomic E-state index is 13.9. The first-order valence-corrected chi connectivity index (χ1v) is 11.5. The molecule has 2 saturated heterocycles. The second-order valence-corrected chi connectivity index (χ2v) is 9.48. The van der Waals surface area contributed by atoms with Gasteiger partial charge in [0, 0.05) is 35.6 Å². The number of nitrogens with one attached hydrogen (secondary N) is 1. The minimum Gasteiger partial charge on any atom is -0.321 e. The van der Waals surface area contributed by atoms with Gasteiger partial charge in [-0.3, -0.25) is 9.69 Å². The molecule has 2 atom stereocenters. The molecule has 3 aromatic rings. The van der Waals surface area contributed by atoms with Gasteiger partial charge in [-0.1, -0.05) is 65.7 Å². The molecule has 1 spiro atoms. The molecule has 2 aliphatic heterocycles. The molecule has 3 aromatic carbocycles. The largest absolute Gasteiger partial charge is 0.329 e. The number of benzene rings is 3. The number of hydrogen-bond acceptors (Lipinski definition) is 4. The summed E-state index contributed by atoms with van der Waals surface area (Å²) in [6, 6.07) is 23.4. The number of likely N-dealkylation sites (tertiary alicyclic amines) is 1. The quantitative estimate of drug-likeness (QED) is 0.524. The van der Waals surface area contributed by atoms with Crippen molar-refractivity contribution in [2.24, 2.45) is 0 Å². The van der Waals surface area contributed by atoms with Crippen molar-refractivity contribution in [3.05, 3.63) is 99.5 Å². The summed E-state index contributed by atoms with van der Waals surface area (Å²) in [5.74, 6) is -0.652. The number of nitriles is 1. The van der Waals surface area contributed by atoms with Crippen molar-refractivity contribution in [1.29, 1.82) is 5.26 Å². The summed E-state index contributed by atoms with van der Waals surface area (Å²) in [5, 5.41) is 12.9. The second kappa shape index (κ2) is 8.77. The fourth-order valence-electron chi connectivity index (χ4n) is 4.92. The van der Waals surface area contributed by atoms with Crippen molar-refractivity contribution in [2.75, 3.05) is 18.0 Å². The number of carbonyl (C=O) groups excluding carboxylic acids is 2. The molecule has 2 aliphatic rings. The lowest BCUT2D eigenvalue weighted by Gasteiger charge is -2.28. The second-order valence-electron chi connectivity index (χ2n) is 8.61. The topological polar surface area (TPSA) is 76.4 Å². The third-order valence-electron chi connectivity index (χ3n) is 6.42. The van der Waals surface area contributed by atoms with E-state index in [1.54, 1.807) is 30.3 Å². The molecule has 0 bridgehead atoms. The zero-order valence-electron chi connectivity index (χ0n) is 18.0. The monoisotopic (exact) mass is 490 g/mol. The molecule has 5 rings (SSSR count). The maximum atomic E-state index is 13.9.